The average Bonchev–Trinajstić information content (AvgIpc) is 3.21. The third kappa shape index (κ3) is 3.67. The summed E-state index contributed by atoms with van der Waals surface area (Å²) < 4.78 is 5.49. The zero-order chi connectivity index (χ0) is 16.3. The number of carbonyl (C=O) groups excluding carboxylic acids is 2. The molecule has 1 saturated carbocycles. The number of benzene rings is 1. The first-order valence-electron chi connectivity index (χ1n) is 8.03. The molecule has 2 amide bonds. The van der Waals surface area contributed by atoms with Crippen molar-refractivity contribution in [2.45, 2.75) is 38.3 Å². The first-order valence-corrected chi connectivity index (χ1v) is 8.41. The Kier molecular flexibility index (Phi) is 4.87. The summed E-state index contributed by atoms with van der Waals surface area (Å²) in [6.07, 6.45) is 3.27. The quantitative estimate of drug-likeness (QED) is 0.781. The molecule has 0 bridgehead atoms. The van der Waals surface area contributed by atoms with Crippen LogP contribution in [-0.2, 0) is 20.9 Å². The van der Waals surface area contributed by atoms with Gasteiger partial charge in [-0.1, -0.05) is 29.8 Å². The third-order valence-corrected chi connectivity index (χ3v) is 4.90. The largest absolute Gasteiger partial charge is 0.376 e. The van der Waals surface area contributed by atoms with Crippen LogP contribution in [0.1, 0.15) is 31.2 Å². The number of nitrogens with one attached hydrogen (secondary N) is 2. The van der Waals surface area contributed by atoms with Gasteiger partial charge in [-0.2, -0.15) is 0 Å². The maximum Gasteiger partial charge on any atom is 0.235 e. The molecule has 6 heteroatoms. The first-order chi connectivity index (χ1) is 11.1. The monoisotopic (exact) mass is 336 g/mol. The Morgan fingerprint density at radius 1 is 1.22 bits per heavy atom. The van der Waals surface area contributed by atoms with Crippen LogP contribution in [0.4, 0.5) is 0 Å². The molecule has 1 aliphatic carbocycles. The number of hydrogen-bond acceptors (Lipinski definition) is 3. The van der Waals surface area contributed by atoms with E-state index in [1.165, 1.54) is 0 Å². The van der Waals surface area contributed by atoms with Crippen molar-refractivity contribution in [1.29, 1.82) is 0 Å². The van der Waals surface area contributed by atoms with E-state index in [-0.39, 0.29) is 17.9 Å². The molecular weight excluding hydrogens is 316 g/mol. The fourth-order valence-corrected chi connectivity index (χ4v) is 3.05. The molecule has 1 aromatic carbocycles. The summed E-state index contributed by atoms with van der Waals surface area (Å²) in [5.41, 5.74) is -0.0575. The van der Waals surface area contributed by atoms with Crippen LogP contribution in [0.15, 0.2) is 24.3 Å². The summed E-state index contributed by atoms with van der Waals surface area (Å²) in [4.78, 5) is 24.8. The Morgan fingerprint density at radius 3 is 2.61 bits per heavy atom. The molecule has 0 radical (unpaired) electrons. The van der Waals surface area contributed by atoms with Crippen LogP contribution in [0, 0.1) is 5.41 Å². The molecule has 1 saturated heterocycles. The van der Waals surface area contributed by atoms with Gasteiger partial charge in [0.2, 0.25) is 11.8 Å². The Morgan fingerprint density at radius 2 is 1.96 bits per heavy atom. The van der Waals surface area contributed by atoms with Crippen molar-refractivity contribution in [2.24, 2.45) is 5.41 Å². The molecule has 124 valence electrons. The normalized spacial score (nSPS) is 21.7. The van der Waals surface area contributed by atoms with Crippen molar-refractivity contribution in [3.05, 3.63) is 34.9 Å². The zero-order valence-corrected chi connectivity index (χ0v) is 13.7. The second-order valence-electron chi connectivity index (χ2n) is 6.20. The van der Waals surface area contributed by atoms with Crippen molar-refractivity contribution in [3.63, 3.8) is 0 Å². The predicted octanol–water partition coefficient (Wildman–Crippen LogP) is 2.03. The van der Waals surface area contributed by atoms with Gasteiger partial charge in [0.25, 0.3) is 0 Å². The van der Waals surface area contributed by atoms with Crippen LogP contribution in [0.5, 0.6) is 0 Å². The van der Waals surface area contributed by atoms with Crippen LogP contribution in [0.2, 0.25) is 5.02 Å². The number of carbonyl (C=O) groups is 2. The lowest BCUT2D eigenvalue weighted by Crippen LogP contribution is -2.44. The molecule has 1 unspecified atom stereocenters. The molecule has 3 rings (SSSR count). The summed E-state index contributed by atoms with van der Waals surface area (Å²) in [5, 5.41) is 6.31. The molecule has 1 aromatic rings. The highest BCUT2D eigenvalue weighted by atomic mass is 35.5. The molecule has 1 heterocycles. The van der Waals surface area contributed by atoms with Gasteiger partial charge in [-0.05, 0) is 37.3 Å². The van der Waals surface area contributed by atoms with Crippen LogP contribution >= 0.6 is 11.6 Å². The molecule has 0 aromatic heterocycles. The van der Waals surface area contributed by atoms with Crippen molar-refractivity contribution in [3.8, 4) is 0 Å². The molecule has 0 spiro atoms. The van der Waals surface area contributed by atoms with E-state index in [0.717, 1.165) is 25.0 Å². The highest BCUT2D eigenvalue weighted by Crippen LogP contribution is 2.46. The van der Waals surface area contributed by atoms with Gasteiger partial charge >= 0.3 is 0 Å². The zero-order valence-electron chi connectivity index (χ0n) is 12.9. The summed E-state index contributed by atoms with van der Waals surface area (Å²) in [6, 6.07) is 7.35. The van der Waals surface area contributed by atoms with Gasteiger partial charge in [0.05, 0.1) is 6.10 Å². The Bertz CT molecular complexity index is 595. The minimum absolute atomic E-state index is 0.0842. The standard InChI is InChI=1S/C17H21ClN2O3/c18-14-6-2-1-4-12(14)10-19-15(21)17(7-8-17)16(22)20-11-13-5-3-9-23-13/h1-2,4,6,13H,3,5,7-11H2,(H,19,21)(H,20,22). The minimum atomic E-state index is -0.903. The molecule has 2 aliphatic rings. The van der Waals surface area contributed by atoms with E-state index in [4.69, 9.17) is 16.3 Å². The lowest BCUT2D eigenvalue weighted by atomic mass is 10.0. The fourth-order valence-electron chi connectivity index (χ4n) is 2.85. The highest BCUT2D eigenvalue weighted by molar-refractivity contribution is 6.31. The Hall–Kier alpha value is -1.59. The molecular formula is C17H21ClN2O3. The SMILES string of the molecule is O=C(NCc1ccccc1Cl)C1(C(=O)NCC2CCCO2)CC1. The number of ether oxygens (including phenoxy) is 1. The van der Waals surface area contributed by atoms with Gasteiger partial charge in [-0.25, -0.2) is 0 Å². The third-order valence-electron chi connectivity index (χ3n) is 4.53. The van der Waals surface area contributed by atoms with Crippen molar-refractivity contribution < 1.29 is 14.3 Å². The van der Waals surface area contributed by atoms with Crippen molar-refractivity contribution in [1.82, 2.24) is 10.6 Å². The van der Waals surface area contributed by atoms with E-state index in [2.05, 4.69) is 10.6 Å². The number of amides is 2. The lowest BCUT2D eigenvalue weighted by molar-refractivity contribution is -0.137. The summed E-state index contributed by atoms with van der Waals surface area (Å²) in [7, 11) is 0. The van der Waals surface area contributed by atoms with Crippen LogP contribution in [0.3, 0.4) is 0 Å². The van der Waals surface area contributed by atoms with Crippen LogP contribution in [-0.4, -0.2) is 31.1 Å². The maximum absolute atomic E-state index is 12.4. The smallest absolute Gasteiger partial charge is 0.235 e. The highest BCUT2D eigenvalue weighted by Gasteiger charge is 2.56. The predicted molar refractivity (Wildman–Crippen MR) is 86.9 cm³/mol. The van der Waals surface area contributed by atoms with Gasteiger partial charge in [0.1, 0.15) is 5.41 Å². The second-order valence-corrected chi connectivity index (χ2v) is 6.61. The van der Waals surface area contributed by atoms with E-state index < -0.39 is 5.41 Å². The van der Waals surface area contributed by atoms with E-state index in [1.807, 2.05) is 18.2 Å². The first kappa shape index (κ1) is 16.3. The molecule has 2 fully saturated rings. The van der Waals surface area contributed by atoms with E-state index in [1.54, 1.807) is 6.07 Å². The van der Waals surface area contributed by atoms with Gasteiger partial charge in [0.15, 0.2) is 0 Å². The van der Waals surface area contributed by atoms with Crippen molar-refractivity contribution in [2.75, 3.05) is 13.2 Å². The Balaban J connectivity index is 1.51. The fraction of sp³-hybridized carbons (Fsp3) is 0.529. The van der Waals surface area contributed by atoms with Gasteiger partial charge in [-0.15, -0.1) is 0 Å². The summed E-state index contributed by atoms with van der Waals surface area (Å²) in [5.74, 6) is -0.410. The number of hydrogen-bond donors (Lipinski definition) is 2. The average molecular weight is 337 g/mol. The molecule has 5 nitrogen and oxygen atoms in total. The van der Waals surface area contributed by atoms with E-state index in [9.17, 15) is 9.59 Å². The summed E-state index contributed by atoms with van der Waals surface area (Å²) >= 11 is 6.08. The topological polar surface area (TPSA) is 67.4 Å². The molecule has 23 heavy (non-hydrogen) atoms. The van der Waals surface area contributed by atoms with Crippen LogP contribution in [0.25, 0.3) is 0 Å². The second kappa shape index (κ2) is 6.89. The molecule has 1 atom stereocenters. The number of halogens is 1. The van der Waals surface area contributed by atoms with E-state index >= 15 is 0 Å². The molecule has 2 N–H and O–H groups in total. The molecule has 1 aliphatic heterocycles. The minimum Gasteiger partial charge on any atom is -0.376 e. The lowest BCUT2D eigenvalue weighted by Gasteiger charge is -2.17. The van der Waals surface area contributed by atoms with E-state index in [0.29, 0.717) is 31.0 Å². The number of rotatable bonds is 6. The van der Waals surface area contributed by atoms with Gasteiger partial charge in [-0.3, -0.25) is 9.59 Å². The van der Waals surface area contributed by atoms with Crippen molar-refractivity contribution >= 4 is 23.4 Å². The van der Waals surface area contributed by atoms with Gasteiger partial charge < -0.3 is 15.4 Å². The maximum atomic E-state index is 12.4. The van der Waals surface area contributed by atoms with Crippen LogP contribution < -0.4 is 10.6 Å². The summed E-state index contributed by atoms with van der Waals surface area (Å²) in [6.45, 7) is 1.57. The van der Waals surface area contributed by atoms with Gasteiger partial charge in [0, 0.05) is 24.7 Å². The Labute approximate surface area is 140 Å².